The average Bonchev–Trinajstić information content (AvgIpc) is 2.84. The number of nitrogens with one attached hydrogen (secondary N) is 1. The molecule has 108 valence electrons. The third kappa shape index (κ3) is 3.09. The molecule has 1 aromatic rings. The first-order valence-corrected chi connectivity index (χ1v) is 7.11. The minimum Gasteiger partial charge on any atom is -0.363 e. The highest BCUT2D eigenvalue weighted by molar-refractivity contribution is 5.48. The summed E-state index contributed by atoms with van der Waals surface area (Å²) in [6.45, 7) is 5.29. The van der Waals surface area contributed by atoms with Gasteiger partial charge in [-0.15, -0.1) is 0 Å². The van der Waals surface area contributed by atoms with Crippen LogP contribution in [0.4, 0.5) is 5.82 Å². The largest absolute Gasteiger partial charge is 0.363 e. The molecule has 1 unspecified atom stereocenters. The normalized spacial score (nSPS) is 20.2. The number of likely N-dealkylation sites (N-methyl/N-ethyl adjacent to an activating group) is 1. The van der Waals surface area contributed by atoms with Crippen molar-refractivity contribution in [2.24, 2.45) is 7.05 Å². The van der Waals surface area contributed by atoms with Gasteiger partial charge < -0.3 is 15.1 Å². The lowest BCUT2D eigenvalue weighted by Gasteiger charge is -2.20. The molecule has 0 aromatic carbocycles. The molecule has 0 radical (unpaired) electrons. The van der Waals surface area contributed by atoms with Gasteiger partial charge in [-0.1, -0.05) is 0 Å². The first-order valence-electron chi connectivity index (χ1n) is 7.11. The van der Waals surface area contributed by atoms with E-state index in [0.29, 0.717) is 6.04 Å². The van der Waals surface area contributed by atoms with Crippen LogP contribution in [0, 0.1) is 6.92 Å². The molecule has 19 heavy (non-hydrogen) atoms. The molecule has 0 saturated carbocycles. The van der Waals surface area contributed by atoms with Crippen LogP contribution in [0.25, 0.3) is 0 Å². The lowest BCUT2D eigenvalue weighted by molar-refractivity contribution is 0.300. The third-order valence-corrected chi connectivity index (χ3v) is 4.09. The number of aryl methyl sites for hydroxylation is 2. The van der Waals surface area contributed by atoms with Gasteiger partial charge in [0.15, 0.2) is 0 Å². The fourth-order valence-electron chi connectivity index (χ4n) is 3.06. The molecule has 5 heteroatoms. The highest BCUT2D eigenvalue weighted by Crippen LogP contribution is 2.21. The second kappa shape index (κ2) is 5.92. The minimum atomic E-state index is 0.694. The number of hydrogen-bond donors (Lipinski definition) is 1. The Kier molecular flexibility index (Phi) is 4.47. The van der Waals surface area contributed by atoms with Crippen LogP contribution in [0.5, 0.6) is 0 Å². The zero-order valence-corrected chi connectivity index (χ0v) is 12.9. The topological polar surface area (TPSA) is 36.3 Å². The summed E-state index contributed by atoms with van der Waals surface area (Å²) in [4.78, 5) is 4.59. The van der Waals surface area contributed by atoms with E-state index in [2.05, 4.69) is 48.3 Å². The summed E-state index contributed by atoms with van der Waals surface area (Å²) in [7, 11) is 8.38. The molecule has 2 heterocycles. The molecule has 0 amide bonds. The number of nitrogens with zero attached hydrogens (tertiary/aromatic N) is 4. The molecule has 0 spiro atoms. The maximum absolute atomic E-state index is 4.52. The number of likely N-dealkylation sites (tertiary alicyclic amines) is 1. The fourth-order valence-corrected chi connectivity index (χ4v) is 3.06. The summed E-state index contributed by atoms with van der Waals surface area (Å²) >= 11 is 0. The van der Waals surface area contributed by atoms with Gasteiger partial charge in [0.1, 0.15) is 5.82 Å². The van der Waals surface area contributed by atoms with Crippen LogP contribution in [-0.4, -0.2) is 55.0 Å². The third-order valence-electron chi connectivity index (χ3n) is 4.09. The van der Waals surface area contributed by atoms with Crippen molar-refractivity contribution in [2.45, 2.75) is 32.4 Å². The molecule has 1 aliphatic rings. The van der Waals surface area contributed by atoms with Crippen LogP contribution in [0.1, 0.15) is 24.1 Å². The predicted molar refractivity (Wildman–Crippen MR) is 79.6 cm³/mol. The van der Waals surface area contributed by atoms with Crippen molar-refractivity contribution >= 4 is 5.82 Å². The number of hydrogen-bond acceptors (Lipinski definition) is 4. The van der Waals surface area contributed by atoms with Gasteiger partial charge in [-0.2, -0.15) is 5.10 Å². The molecular formula is C14H27N5. The van der Waals surface area contributed by atoms with Gasteiger partial charge >= 0.3 is 0 Å². The van der Waals surface area contributed by atoms with E-state index in [1.165, 1.54) is 30.8 Å². The second-order valence-electron chi connectivity index (χ2n) is 5.81. The van der Waals surface area contributed by atoms with Crippen molar-refractivity contribution in [1.29, 1.82) is 0 Å². The summed E-state index contributed by atoms with van der Waals surface area (Å²) < 4.78 is 1.97. The Morgan fingerprint density at radius 3 is 2.68 bits per heavy atom. The van der Waals surface area contributed by atoms with Crippen LogP contribution in [0.15, 0.2) is 0 Å². The maximum atomic E-state index is 4.52. The van der Waals surface area contributed by atoms with Crippen molar-refractivity contribution < 1.29 is 0 Å². The molecule has 1 aromatic heterocycles. The molecule has 1 N–H and O–H groups in total. The molecule has 5 nitrogen and oxygen atoms in total. The van der Waals surface area contributed by atoms with Gasteiger partial charge in [0.2, 0.25) is 0 Å². The first kappa shape index (κ1) is 14.3. The average molecular weight is 265 g/mol. The minimum absolute atomic E-state index is 0.694. The van der Waals surface area contributed by atoms with E-state index in [1.54, 1.807) is 0 Å². The van der Waals surface area contributed by atoms with E-state index >= 15 is 0 Å². The summed E-state index contributed by atoms with van der Waals surface area (Å²) in [5, 5.41) is 8.12. The maximum Gasteiger partial charge on any atom is 0.130 e. The highest BCUT2D eigenvalue weighted by atomic mass is 15.4. The van der Waals surface area contributed by atoms with Gasteiger partial charge in [0.05, 0.1) is 5.69 Å². The summed E-state index contributed by atoms with van der Waals surface area (Å²) in [6.07, 6.45) is 2.65. The Balaban J connectivity index is 1.95. The first-order chi connectivity index (χ1) is 9.00. The van der Waals surface area contributed by atoms with Gasteiger partial charge in [-0.25, -0.2) is 0 Å². The van der Waals surface area contributed by atoms with E-state index in [9.17, 15) is 0 Å². The SMILES string of the molecule is Cc1nn(C)c(N(C)C)c1CNCC1CCCN1C. The van der Waals surface area contributed by atoms with Gasteiger partial charge in [0.25, 0.3) is 0 Å². The summed E-state index contributed by atoms with van der Waals surface area (Å²) in [5.74, 6) is 1.20. The van der Waals surface area contributed by atoms with Crippen molar-refractivity contribution in [3.05, 3.63) is 11.3 Å². The van der Waals surface area contributed by atoms with Crippen LogP contribution in [-0.2, 0) is 13.6 Å². The zero-order chi connectivity index (χ0) is 14.0. The number of rotatable bonds is 5. The van der Waals surface area contributed by atoms with E-state index < -0.39 is 0 Å². The second-order valence-corrected chi connectivity index (χ2v) is 5.81. The van der Waals surface area contributed by atoms with Gasteiger partial charge in [0, 0.05) is 45.8 Å². The van der Waals surface area contributed by atoms with Crippen LogP contribution in [0.3, 0.4) is 0 Å². The fraction of sp³-hybridized carbons (Fsp3) is 0.786. The van der Waals surface area contributed by atoms with Crippen molar-refractivity contribution in [3.8, 4) is 0 Å². The molecule has 1 atom stereocenters. The molecule has 0 bridgehead atoms. The van der Waals surface area contributed by atoms with Crippen LogP contribution < -0.4 is 10.2 Å². The summed E-state index contributed by atoms with van der Waals surface area (Å²) in [6, 6.07) is 0.694. The quantitative estimate of drug-likeness (QED) is 0.861. The predicted octanol–water partition coefficient (Wildman–Crippen LogP) is 0.978. The Bertz CT molecular complexity index is 424. The van der Waals surface area contributed by atoms with Crippen LogP contribution in [0.2, 0.25) is 0 Å². The van der Waals surface area contributed by atoms with Crippen molar-refractivity contribution in [1.82, 2.24) is 20.0 Å². The Morgan fingerprint density at radius 2 is 2.11 bits per heavy atom. The van der Waals surface area contributed by atoms with Gasteiger partial charge in [-0.05, 0) is 33.4 Å². The standard InChI is InChI=1S/C14H27N5/c1-11-13(14(17(2)3)19(5)16-11)10-15-9-12-7-6-8-18(12)4/h12,15H,6-10H2,1-5H3. The van der Waals surface area contributed by atoms with Gasteiger partial charge in [-0.3, -0.25) is 4.68 Å². The lowest BCUT2D eigenvalue weighted by atomic mass is 10.2. The molecular weight excluding hydrogens is 238 g/mol. The zero-order valence-electron chi connectivity index (χ0n) is 12.9. The monoisotopic (exact) mass is 265 g/mol. The van der Waals surface area contributed by atoms with E-state index in [-0.39, 0.29) is 0 Å². The van der Waals surface area contributed by atoms with Crippen LogP contribution >= 0.6 is 0 Å². The Hall–Kier alpha value is -1.07. The van der Waals surface area contributed by atoms with Crippen molar-refractivity contribution in [2.75, 3.05) is 39.1 Å². The highest BCUT2D eigenvalue weighted by Gasteiger charge is 2.21. The lowest BCUT2D eigenvalue weighted by Crippen LogP contribution is -2.35. The Morgan fingerprint density at radius 1 is 1.37 bits per heavy atom. The number of anilines is 1. The van der Waals surface area contributed by atoms with E-state index in [4.69, 9.17) is 0 Å². The Labute approximate surface area is 116 Å². The number of aromatic nitrogens is 2. The molecule has 1 saturated heterocycles. The smallest absolute Gasteiger partial charge is 0.130 e. The van der Waals surface area contributed by atoms with Crippen molar-refractivity contribution in [3.63, 3.8) is 0 Å². The molecule has 1 aliphatic heterocycles. The molecule has 2 rings (SSSR count). The van der Waals surface area contributed by atoms with E-state index in [1.807, 2.05) is 11.7 Å². The summed E-state index contributed by atoms with van der Waals surface area (Å²) in [5.41, 5.74) is 2.44. The van der Waals surface area contributed by atoms with E-state index in [0.717, 1.165) is 18.8 Å². The molecule has 1 fully saturated rings. The molecule has 0 aliphatic carbocycles.